The summed E-state index contributed by atoms with van der Waals surface area (Å²) in [4.78, 5) is 12.9. The van der Waals surface area contributed by atoms with E-state index in [9.17, 15) is 4.79 Å². The summed E-state index contributed by atoms with van der Waals surface area (Å²) >= 11 is 0. The summed E-state index contributed by atoms with van der Waals surface area (Å²) in [6, 6.07) is 11.3. The molecule has 0 bridgehead atoms. The number of rotatable bonds is 8. The van der Waals surface area contributed by atoms with E-state index in [0.29, 0.717) is 6.54 Å². The van der Waals surface area contributed by atoms with Gasteiger partial charge in [-0.05, 0) is 93.2 Å². The Hall–Kier alpha value is -2.40. The number of nitrogens with one attached hydrogen (secondary N) is 2. The largest absolute Gasteiger partial charge is 0.490 e. The minimum Gasteiger partial charge on any atom is -0.490 e. The number of hydrogen-bond donors (Lipinski definition) is 2. The highest BCUT2D eigenvalue weighted by Gasteiger charge is 2.32. The predicted octanol–water partition coefficient (Wildman–Crippen LogP) is 6.00. The molecule has 5 heteroatoms. The molecular weight excluding hydrogens is 403 g/mol. The van der Waals surface area contributed by atoms with Gasteiger partial charge in [0, 0.05) is 12.1 Å². The van der Waals surface area contributed by atoms with E-state index in [1.54, 1.807) is 12.1 Å². The van der Waals surface area contributed by atoms with Crippen LogP contribution in [0.15, 0.2) is 36.4 Å². The van der Waals surface area contributed by atoms with Crippen molar-refractivity contribution in [2.45, 2.75) is 83.2 Å². The molecule has 0 spiro atoms. The highest BCUT2D eigenvalue weighted by molar-refractivity contribution is 5.88. The van der Waals surface area contributed by atoms with Crippen LogP contribution in [0.4, 0.5) is 4.39 Å². The van der Waals surface area contributed by atoms with Crippen molar-refractivity contribution < 1.29 is 13.9 Å². The standard InChI is InChI=1S/C27H35FN2O2/c1-4-29-30-26(31)27(2,3)19-15-16-24(32-20-11-5-6-12-20)22(17-19)21-13-8-14-23(28)25(21)18-9-7-10-18/h8,13-18,20,29H,4-7,9-12H2,1-3H3,(H,30,31). The summed E-state index contributed by atoms with van der Waals surface area (Å²) in [5, 5.41) is 0. The minimum absolute atomic E-state index is 0.104. The van der Waals surface area contributed by atoms with Crippen LogP contribution in [0.5, 0.6) is 5.75 Å². The first-order chi connectivity index (χ1) is 15.4. The van der Waals surface area contributed by atoms with Gasteiger partial charge in [-0.1, -0.05) is 31.5 Å². The molecule has 172 valence electrons. The molecule has 0 atom stereocenters. The van der Waals surface area contributed by atoms with Crippen molar-refractivity contribution in [1.29, 1.82) is 0 Å². The molecule has 0 unspecified atom stereocenters. The molecule has 0 aromatic heterocycles. The van der Waals surface area contributed by atoms with Crippen molar-refractivity contribution in [3.05, 3.63) is 53.3 Å². The molecule has 0 aliphatic heterocycles. The van der Waals surface area contributed by atoms with Crippen LogP contribution in [-0.4, -0.2) is 18.6 Å². The van der Waals surface area contributed by atoms with Crippen molar-refractivity contribution >= 4 is 5.91 Å². The molecule has 1 amide bonds. The summed E-state index contributed by atoms with van der Waals surface area (Å²) in [6.07, 6.45) is 7.84. The van der Waals surface area contributed by atoms with E-state index >= 15 is 4.39 Å². The third-order valence-corrected chi connectivity index (χ3v) is 7.10. The lowest BCUT2D eigenvalue weighted by Crippen LogP contribution is -2.46. The first kappa shape index (κ1) is 22.8. The van der Waals surface area contributed by atoms with Crippen LogP contribution >= 0.6 is 0 Å². The Morgan fingerprint density at radius 1 is 1.06 bits per heavy atom. The van der Waals surface area contributed by atoms with Gasteiger partial charge in [0.05, 0.1) is 11.5 Å². The summed E-state index contributed by atoms with van der Waals surface area (Å²) in [5.41, 5.74) is 8.38. The number of halogens is 1. The van der Waals surface area contributed by atoms with Gasteiger partial charge in [0.1, 0.15) is 11.6 Å². The van der Waals surface area contributed by atoms with Crippen molar-refractivity contribution in [2.24, 2.45) is 0 Å². The van der Waals surface area contributed by atoms with Gasteiger partial charge >= 0.3 is 0 Å². The number of hydrogen-bond acceptors (Lipinski definition) is 3. The van der Waals surface area contributed by atoms with Crippen LogP contribution in [0, 0.1) is 5.82 Å². The van der Waals surface area contributed by atoms with Gasteiger partial charge in [-0.25, -0.2) is 9.82 Å². The quantitative estimate of drug-likeness (QED) is 0.497. The monoisotopic (exact) mass is 438 g/mol. The third-order valence-electron chi connectivity index (χ3n) is 7.10. The second-order valence-electron chi connectivity index (χ2n) is 9.67. The average molecular weight is 439 g/mol. The van der Waals surface area contributed by atoms with Gasteiger partial charge in [0.25, 0.3) is 0 Å². The number of benzene rings is 2. The number of carbonyl (C=O) groups excluding carboxylic acids is 1. The molecule has 2 N–H and O–H groups in total. The summed E-state index contributed by atoms with van der Waals surface area (Å²) in [7, 11) is 0. The zero-order valence-corrected chi connectivity index (χ0v) is 19.5. The third kappa shape index (κ3) is 4.54. The van der Waals surface area contributed by atoms with Crippen LogP contribution in [0.25, 0.3) is 11.1 Å². The summed E-state index contributed by atoms with van der Waals surface area (Å²) in [5.74, 6) is 0.788. The lowest BCUT2D eigenvalue weighted by molar-refractivity contribution is -0.126. The number of hydrazine groups is 1. The molecule has 0 radical (unpaired) electrons. The lowest BCUT2D eigenvalue weighted by Gasteiger charge is -2.30. The maximum atomic E-state index is 15.0. The van der Waals surface area contributed by atoms with Gasteiger partial charge < -0.3 is 4.74 Å². The lowest BCUT2D eigenvalue weighted by atomic mass is 9.76. The van der Waals surface area contributed by atoms with Gasteiger partial charge in [-0.3, -0.25) is 10.2 Å². The molecule has 2 aromatic rings. The van der Waals surface area contributed by atoms with E-state index in [-0.39, 0.29) is 23.7 Å². The van der Waals surface area contributed by atoms with Crippen molar-refractivity contribution in [2.75, 3.05) is 6.54 Å². The first-order valence-corrected chi connectivity index (χ1v) is 12.0. The molecule has 0 saturated heterocycles. The fourth-order valence-corrected chi connectivity index (χ4v) is 4.76. The van der Waals surface area contributed by atoms with Crippen molar-refractivity contribution in [3.63, 3.8) is 0 Å². The molecule has 2 fully saturated rings. The highest BCUT2D eigenvalue weighted by Crippen LogP contribution is 2.45. The molecule has 32 heavy (non-hydrogen) atoms. The zero-order chi connectivity index (χ0) is 22.7. The Bertz CT molecular complexity index is 962. The van der Waals surface area contributed by atoms with E-state index in [2.05, 4.69) is 10.9 Å². The fraction of sp³-hybridized carbons (Fsp3) is 0.519. The van der Waals surface area contributed by atoms with Crippen LogP contribution in [-0.2, 0) is 10.2 Å². The van der Waals surface area contributed by atoms with Gasteiger partial charge in [-0.2, -0.15) is 0 Å². The van der Waals surface area contributed by atoms with Crippen LogP contribution in [0.2, 0.25) is 0 Å². The molecule has 2 aliphatic rings. The molecule has 2 saturated carbocycles. The highest BCUT2D eigenvalue weighted by atomic mass is 19.1. The fourth-order valence-electron chi connectivity index (χ4n) is 4.76. The molecular formula is C27H35FN2O2. The maximum Gasteiger partial charge on any atom is 0.244 e. The Balaban J connectivity index is 1.79. The van der Waals surface area contributed by atoms with E-state index < -0.39 is 5.41 Å². The first-order valence-electron chi connectivity index (χ1n) is 12.0. The number of ether oxygens (including phenoxy) is 1. The van der Waals surface area contributed by atoms with Gasteiger partial charge in [0.2, 0.25) is 5.91 Å². The minimum atomic E-state index is -0.757. The van der Waals surface area contributed by atoms with Crippen LogP contribution < -0.4 is 15.6 Å². The Morgan fingerprint density at radius 2 is 1.81 bits per heavy atom. The van der Waals surface area contributed by atoms with E-state index in [4.69, 9.17) is 4.74 Å². The van der Waals surface area contributed by atoms with Crippen molar-refractivity contribution in [3.8, 4) is 16.9 Å². The molecule has 2 aromatic carbocycles. The van der Waals surface area contributed by atoms with Crippen LogP contribution in [0.1, 0.15) is 82.8 Å². The Kier molecular flexibility index (Phi) is 6.85. The van der Waals surface area contributed by atoms with Gasteiger partial charge in [0.15, 0.2) is 0 Å². The average Bonchev–Trinajstić information content (AvgIpc) is 3.25. The smallest absolute Gasteiger partial charge is 0.244 e. The normalized spacial score (nSPS) is 17.2. The Labute approximate surface area is 190 Å². The van der Waals surface area contributed by atoms with Crippen LogP contribution in [0.3, 0.4) is 0 Å². The molecule has 4 rings (SSSR count). The second-order valence-corrected chi connectivity index (χ2v) is 9.67. The molecule has 0 heterocycles. The van der Waals surface area contributed by atoms with E-state index in [1.165, 1.54) is 12.8 Å². The van der Waals surface area contributed by atoms with Crippen molar-refractivity contribution in [1.82, 2.24) is 10.9 Å². The summed E-state index contributed by atoms with van der Waals surface area (Å²) < 4.78 is 21.5. The summed E-state index contributed by atoms with van der Waals surface area (Å²) in [6.45, 7) is 6.41. The second kappa shape index (κ2) is 9.62. The number of amides is 1. The van der Waals surface area contributed by atoms with E-state index in [1.807, 2.05) is 45.0 Å². The molecule has 2 aliphatic carbocycles. The van der Waals surface area contributed by atoms with Gasteiger partial charge in [-0.15, -0.1) is 0 Å². The maximum absolute atomic E-state index is 15.0. The Morgan fingerprint density at radius 3 is 2.47 bits per heavy atom. The topological polar surface area (TPSA) is 50.4 Å². The predicted molar refractivity (Wildman–Crippen MR) is 126 cm³/mol. The number of carbonyl (C=O) groups is 1. The SMILES string of the molecule is CCNNC(=O)C(C)(C)c1ccc(OC2CCCC2)c(-c2cccc(F)c2C2CCC2)c1. The molecule has 4 nitrogen and oxygen atoms in total. The zero-order valence-electron chi connectivity index (χ0n) is 19.5. The van der Waals surface area contributed by atoms with E-state index in [0.717, 1.165) is 60.1 Å².